The summed E-state index contributed by atoms with van der Waals surface area (Å²) in [5, 5.41) is 0.752. The molecule has 0 bridgehead atoms. The summed E-state index contributed by atoms with van der Waals surface area (Å²) in [6.45, 7) is 5.27. The van der Waals surface area contributed by atoms with Gasteiger partial charge in [-0.15, -0.1) is 0 Å². The van der Waals surface area contributed by atoms with Crippen molar-refractivity contribution in [3.05, 3.63) is 28.7 Å². The van der Waals surface area contributed by atoms with E-state index in [1.54, 1.807) is 0 Å². The van der Waals surface area contributed by atoms with Gasteiger partial charge in [-0.3, -0.25) is 4.79 Å². The summed E-state index contributed by atoms with van der Waals surface area (Å²) in [6, 6.07) is 1.41. The molecule has 118 valence electrons. The summed E-state index contributed by atoms with van der Waals surface area (Å²) in [6.07, 6.45) is 1.67. The lowest BCUT2D eigenvalue weighted by molar-refractivity contribution is 0.100. The van der Waals surface area contributed by atoms with Gasteiger partial charge in [-0.2, -0.15) is 0 Å². The second-order valence-electron chi connectivity index (χ2n) is 6.07. The molecular weight excluding hydrogens is 283 g/mol. The number of hydrogen-bond donors (Lipinski definition) is 3. The van der Waals surface area contributed by atoms with Crippen molar-refractivity contribution in [1.82, 2.24) is 4.98 Å². The second kappa shape index (κ2) is 5.28. The van der Waals surface area contributed by atoms with Crippen LogP contribution in [0.1, 0.15) is 34.5 Å². The quantitative estimate of drug-likeness (QED) is 0.792. The Morgan fingerprint density at radius 1 is 1.36 bits per heavy atom. The highest BCUT2D eigenvalue weighted by molar-refractivity contribution is 6.10. The Morgan fingerprint density at radius 2 is 2.00 bits per heavy atom. The highest BCUT2D eigenvalue weighted by Gasteiger charge is 2.25. The number of nitrogens with zero attached hydrogens (tertiary/aromatic N) is 1. The Labute approximate surface area is 128 Å². The van der Waals surface area contributed by atoms with Crippen LogP contribution in [0.5, 0.6) is 0 Å². The van der Waals surface area contributed by atoms with Gasteiger partial charge in [0.25, 0.3) is 5.91 Å². The van der Waals surface area contributed by atoms with Crippen molar-refractivity contribution in [1.29, 1.82) is 0 Å². The summed E-state index contributed by atoms with van der Waals surface area (Å²) >= 11 is 0. The van der Waals surface area contributed by atoms with E-state index in [-0.39, 0.29) is 11.6 Å². The number of carbonyl (C=O) groups excluding carboxylic acids is 1. The lowest BCUT2D eigenvalue weighted by Gasteiger charge is -2.33. The summed E-state index contributed by atoms with van der Waals surface area (Å²) in [7, 11) is 0. The molecule has 6 heteroatoms. The van der Waals surface area contributed by atoms with Gasteiger partial charge in [-0.1, -0.05) is 0 Å². The molecule has 1 aromatic carbocycles. The molecule has 1 saturated heterocycles. The minimum absolute atomic E-state index is 0.175. The minimum Gasteiger partial charge on any atom is -0.368 e. The SMILES string of the molecule is Cc1[nH]c2c(C(N)=O)cc(F)c(N3CCC(N)CC3)c2c1C. The zero-order chi connectivity index (χ0) is 16.0. The van der Waals surface area contributed by atoms with Crippen molar-refractivity contribution < 1.29 is 9.18 Å². The summed E-state index contributed by atoms with van der Waals surface area (Å²) in [4.78, 5) is 16.8. The van der Waals surface area contributed by atoms with Gasteiger partial charge in [-0.25, -0.2) is 4.39 Å². The third-order valence-corrected chi connectivity index (χ3v) is 4.62. The first-order chi connectivity index (χ1) is 10.4. The van der Waals surface area contributed by atoms with Crippen molar-refractivity contribution in [3.8, 4) is 0 Å². The Balaban J connectivity index is 2.24. The zero-order valence-corrected chi connectivity index (χ0v) is 12.9. The molecule has 1 aromatic heterocycles. The highest BCUT2D eigenvalue weighted by Crippen LogP contribution is 2.37. The maximum Gasteiger partial charge on any atom is 0.250 e. The van der Waals surface area contributed by atoms with Crippen LogP contribution in [-0.2, 0) is 0 Å². The van der Waals surface area contributed by atoms with E-state index in [9.17, 15) is 9.18 Å². The van der Waals surface area contributed by atoms with Crippen molar-refractivity contribution >= 4 is 22.5 Å². The molecule has 2 aromatic rings. The highest BCUT2D eigenvalue weighted by atomic mass is 19.1. The number of aryl methyl sites for hydroxylation is 2. The maximum atomic E-state index is 14.7. The number of aromatic nitrogens is 1. The van der Waals surface area contributed by atoms with Gasteiger partial charge in [-0.05, 0) is 38.3 Å². The fourth-order valence-corrected chi connectivity index (χ4v) is 3.23. The van der Waals surface area contributed by atoms with E-state index in [0.717, 1.165) is 29.5 Å². The molecule has 2 heterocycles. The average Bonchev–Trinajstić information content (AvgIpc) is 2.76. The van der Waals surface area contributed by atoms with Crippen molar-refractivity contribution in [3.63, 3.8) is 0 Å². The first-order valence-corrected chi connectivity index (χ1v) is 7.52. The molecule has 0 spiro atoms. The van der Waals surface area contributed by atoms with Crippen LogP contribution in [-0.4, -0.2) is 30.0 Å². The molecular formula is C16H21FN4O. The lowest BCUT2D eigenvalue weighted by Crippen LogP contribution is -2.40. The number of nitrogens with two attached hydrogens (primary N) is 2. The van der Waals surface area contributed by atoms with Crippen LogP contribution in [0, 0.1) is 19.7 Å². The standard InChI is InChI=1S/C16H21FN4O/c1-8-9(2)20-14-11(16(19)22)7-12(17)15(13(8)14)21-5-3-10(18)4-6-21/h7,10,20H,3-6,18H2,1-2H3,(H2,19,22). The molecule has 1 amide bonds. The van der Waals surface area contributed by atoms with E-state index < -0.39 is 11.7 Å². The number of H-pyrrole nitrogens is 1. The largest absolute Gasteiger partial charge is 0.368 e. The van der Waals surface area contributed by atoms with E-state index >= 15 is 0 Å². The minimum atomic E-state index is -0.627. The number of carbonyl (C=O) groups is 1. The van der Waals surface area contributed by atoms with Gasteiger partial charge in [0.1, 0.15) is 5.82 Å². The van der Waals surface area contributed by atoms with Gasteiger partial charge in [0.05, 0.1) is 16.8 Å². The third-order valence-electron chi connectivity index (χ3n) is 4.62. The molecule has 3 rings (SSSR count). The summed E-state index contributed by atoms with van der Waals surface area (Å²) < 4.78 is 14.7. The fourth-order valence-electron chi connectivity index (χ4n) is 3.23. The number of hydrogen-bond acceptors (Lipinski definition) is 3. The van der Waals surface area contributed by atoms with Crippen LogP contribution in [0.25, 0.3) is 10.9 Å². The van der Waals surface area contributed by atoms with Crippen molar-refractivity contribution in [2.45, 2.75) is 32.7 Å². The van der Waals surface area contributed by atoms with E-state index in [1.165, 1.54) is 6.07 Å². The van der Waals surface area contributed by atoms with Crippen LogP contribution in [0.3, 0.4) is 0 Å². The van der Waals surface area contributed by atoms with Crippen LogP contribution >= 0.6 is 0 Å². The number of primary amides is 1. The number of aromatic amines is 1. The first-order valence-electron chi connectivity index (χ1n) is 7.52. The predicted molar refractivity (Wildman–Crippen MR) is 85.7 cm³/mol. The van der Waals surface area contributed by atoms with Gasteiger partial charge in [0, 0.05) is 30.2 Å². The molecule has 0 atom stereocenters. The Kier molecular flexibility index (Phi) is 3.56. The van der Waals surface area contributed by atoms with E-state index in [4.69, 9.17) is 11.5 Å². The van der Waals surface area contributed by atoms with Crippen LogP contribution in [0.15, 0.2) is 6.07 Å². The first kappa shape index (κ1) is 14.8. The smallest absolute Gasteiger partial charge is 0.250 e. The van der Waals surface area contributed by atoms with Crippen LogP contribution < -0.4 is 16.4 Å². The third kappa shape index (κ3) is 2.23. The number of nitrogens with one attached hydrogen (secondary N) is 1. The molecule has 5 N–H and O–H groups in total. The number of benzene rings is 1. The lowest BCUT2D eigenvalue weighted by atomic mass is 10.0. The number of rotatable bonds is 2. The van der Waals surface area contributed by atoms with Gasteiger partial charge < -0.3 is 21.4 Å². The molecule has 1 aliphatic heterocycles. The normalized spacial score (nSPS) is 16.5. The fraction of sp³-hybridized carbons (Fsp3) is 0.438. The Hall–Kier alpha value is -2.08. The monoisotopic (exact) mass is 304 g/mol. The van der Waals surface area contributed by atoms with Crippen LogP contribution in [0.2, 0.25) is 0 Å². The van der Waals surface area contributed by atoms with Gasteiger partial charge in [0.2, 0.25) is 0 Å². The van der Waals surface area contributed by atoms with E-state index in [2.05, 4.69) is 4.98 Å². The van der Waals surface area contributed by atoms with E-state index in [0.29, 0.717) is 24.3 Å². The number of fused-ring (bicyclic) bond motifs is 1. The molecule has 0 saturated carbocycles. The van der Waals surface area contributed by atoms with Crippen LogP contribution in [0.4, 0.5) is 10.1 Å². The van der Waals surface area contributed by atoms with Gasteiger partial charge in [0.15, 0.2) is 0 Å². The summed E-state index contributed by atoms with van der Waals surface area (Å²) in [5.74, 6) is -1.03. The molecule has 0 unspecified atom stereocenters. The maximum absolute atomic E-state index is 14.7. The summed E-state index contributed by atoms with van der Waals surface area (Å²) in [5.41, 5.74) is 14.6. The number of piperidine rings is 1. The predicted octanol–water partition coefficient (Wildman–Crippen LogP) is 1.95. The molecule has 22 heavy (non-hydrogen) atoms. The molecule has 0 aliphatic carbocycles. The Morgan fingerprint density at radius 3 is 2.59 bits per heavy atom. The second-order valence-corrected chi connectivity index (χ2v) is 6.07. The average molecular weight is 304 g/mol. The molecule has 5 nitrogen and oxygen atoms in total. The topological polar surface area (TPSA) is 88.1 Å². The van der Waals surface area contributed by atoms with E-state index in [1.807, 2.05) is 18.7 Å². The van der Waals surface area contributed by atoms with Crippen molar-refractivity contribution in [2.24, 2.45) is 11.5 Å². The number of amides is 1. The Bertz CT molecular complexity index is 744. The van der Waals surface area contributed by atoms with Crippen molar-refractivity contribution in [2.75, 3.05) is 18.0 Å². The molecule has 0 radical (unpaired) electrons. The molecule has 1 aliphatic rings. The number of halogens is 1. The molecule has 1 fully saturated rings. The zero-order valence-electron chi connectivity index (χ0n) is 12.9. The van der Waals surface area contributed by atoms with Gasteiger partial charge >= 0.3 is 0 Å². The number of anilines is 1.